The van der Waals surface area contributed by atoms with Gasteiger partial charge in [-0.2, -0.15) is 0 Å². The van der Waals surface area contributed by atoms with Crippen LogP contribution in [-0.2, 0) is 15.0 Å². The van der Waals surface area contributed by atoms with E-state index in [1.807, 2.05) is 31.2 Å². The molecule has 0 radical (unpaired) electrons. The molecular formula is C21H24N2O2S. The molecule has 0 spiro atoms. The van der Waals surface area contributed by atoms with Crippen LogP contribution in [-0.4, -0.2) is 23.6 Å². The molecule has 1 aliphatic rings. The zero-order valence-electron chi connectivity index (χ0n) is 15.6. The first-order chi connectivity index (χ1) is 12.3. The molecule has 136 valence electrons. The number of amides is 2. The van der Waals surface area contributed by atoms with Crippen LogP contribution in [0.25, 0.3) is 0 Å². The van der Waals surface area contributed by atoms with Gasteiger partial charge in [0, 0.05) is 4.90 Å². The van der Waals surface area contributed by atoms with Gasteiger partial charge in [-0.25, -0.2) is 0 Å². The van der Waals surface area contributed by atoms with Crippen LogP contribution in [0.1, 0.15) is 33.3 Å². The number of nitrogens with one attached hydrogen (secondary N) is 1. The zero-order chi connectivity index (χ0) is 18.9. The van der Waals surface area contributed by atoms with E-state index in [0.29, 0.717) is 5.69 Å². The normalized spacial score (nSPS) is 15.2. The Morgan fingerprint density at radius 2 is 1.77 bits per heavy atom. The minimum atomic E-state index is -0.283. The second-order valence-corrected chi connectivity index (χ2v) is 8.94. The Kier molecular flexibility index (Phi) is 5.10. The third kappa shape index (κ3) is 3.93. The second kappa shape index (κ2) is 7.16. The summed E-state index contributed by atoms with van der Waals surface area (Å²) in [5.74, 6) is -0.221. The lowest BCUT2D eigenvalue weighted by Crippen LogP contribution is -2.45. The van der Waals surface area contributed by atoms with E-state index in [1.54, 1.807) is 4.90 Å². The van der Waals surface area contributed by atoms with Crippen molar-refractivity contribution in [2.75, 3.05) is 16.8 Å². The topological polar surface area (TPSA) is 49.4 Å². The summed E-state index contributed by atoms with van der Waals surface area (Å²) in [5.41, 5.74) is 2.81. The quantitative estimate of drug-likeness (QED) is 0.814. The average molecular weight is 369 g/mol. The molecule has 0 unspecified atom stereocenters. The standard InChI is InChI=1S/C21H24N2O2S/c1-14(26-16-11-9-15(10-12-16)21(2,3)4)20(25)23-13-19(24)22-17-7-5-6-8-18(17)23/h5-12,14H,13H2,1-4H3,(H,22,24)/t14-/m0/s1. The lowest BCUT2D eigenvalue weighted by molar-refractivity contribution is -0.121. The van der Waals surface area contributed by atoms with Crippen molar-refractivity contribution in [1.82, 2.24) is 0 Å². The third-order valence-electron chi connectivity index (χ3n) is 4.42. The van der Waals surface area contributed by atoms with Crippen LogP contribution in [0.5, 0.6) is 0 Å². The van der Waals surface area contributed by atoms with Crippen LogP contribution >= 0.6 is 11.8 Å². The van der Waals surface area contributed by atoms with Gasteiger partial charge in [-0.3, -0.25) is 14.5 Å². The zero-order valence-corrected chi connectivity index (χ0v) is 16.4. The summed E-state index contributed by atoms with van der Waals surface area (Å²) in [6.45, 7) is 8.49. The monoisotopic (exact) mass is 368 g/mol. The lowest BCUT2D eigenvalue weighted by atomic mass is 9.87. The van der Waals surface area contributed by atoms with E-state index >= 15 is 0 Å². The number of para-hydroxylation sites is 2. The molecule has 2 aromatic rings. The van der Waals surface area contributed by atoms with Crippen molar-refractivity contribution in [3.63, 3.8) is 0 Å². The molecule has 4 nitrogen and oxygen atoms in total. The Morgan fingerprint density at radius 1 is 1.12 bits per heavy atom. The molecule has 0 aliphatic carbocycles. The van der Waals surface area contributed by atoms with E-state index in [0.717, 1.165) is 10.6 Å². The number of rotatable bonds is 3. The summed E-state index contributed by atoms with van der Waals surface area (Å²) >= 11 is 1.52. The fourth-order valence-electron chi connectivity index (χ4n) is 2.94. The summed E-state index contributed by atoms with van der Waals surface area (Å²) < 4.78 is 0. The van der Waals surface area contributed by atoms with E-state index < -0.39 is 0 Å². The smallest absolute Gasteiger partial charge is 0.244 e. The molecule has 0 saturated heterocycles. The average Bonchev–Trinajstić information content (AvgIpc) is 2.60. The minimum Gasteiger partial charge on any atom is -0.323 e. The first kappa shape index (κ1) is 18.5. The highest BCUT2D eigenvalue weighted by Gasteiger charge is 2.30. The predicted octanol–water partition coefficient (Wildman–Crippen LogP) is 4.45. The fraction of sp³-hybridized carbons (Fsp3) is 0.333. The number of carbonyl (C=O) groups excluding carboxylic acids is 2. The van der Waals surface area contributed by atoms with E-state index in [-0.39, 0.29) is 29.0 Å². The van der Waals surface area contributed by atoms with Gasteiger partial charge < -0.3 is 5.32 Å². The Bertz CT molecular complexity index is 825. The molecule has 1 heterocycles. The Morgan fingerprint density at radius 3 is 2.42 bits per heavy atom. The van der Waals surface area contributed by atoms with Gasteiger partial charge in [0.05, 0.1) is 16.6 Å². The van der Waals surface area contributed by atoms with Gasteiger partial charge in [0.25, 0.3) is 0 Å². The number of benzene rings is 2. The van der Waals surface area contributed by atoms with Crippen molar-refractivity contribution < 1.29 is 9.59 Å². The highest BCUT2D eigenvalue weighted by Crippen LogP contribution is 2.33. The van der Waals surface area contributed by atoms with Crippen LogP contribution in [0.15, 0.2) is 53.4 Å². The third-order valence-corrected chi connectivity index (χ3v) is 5.52. The van der Waals surface area contributed by atoms with Crippen LogP contribution in [0, 0.1) is 0 Å². The summed E-state index contributed by atoms with van der Waals surface area (Å²) in [7, 11) is 0. The summed E-state index contributed by atoms with van der Waals surface area (Å²) in [5, 5.41) is 2.53. The van der Waals surface area contributed by atoms with Gasteiger partial charge >= 0.3 is 0 Å². The number of hydrogen-bond acceptors (Lipinski definition) is 3. The molecule has 1 atom stereocenters. The number of carbonyl (C=O) groups is 2. The van der Waals surface area contributed by atoms with Gasteiger partial charge in [0.2, 0.25) is 11.8 Å². The van der Waals surface area contributed by atoms with Crippen molar-refractivity contribution in [1.29, 1.82) is 0 Å². The SMILES string of the molecule is C[C@H](Sc1ccc(C(C)(C)C)cc1)C(=O)N1CC(=O)Nc2ccccc21. The van der Waals surface area contributed by atoms with Gasteiger partial charge in [0.15, 0.2) is 0 Å². The second-order valence-electron chi connectivity index (χ2n) is 7.52. The number of fused-ring (bicyclic) bond motifs is 1. The maximum absolute atomic E-state index is 13.0. The van der Waals surface area contributed by atoms with Crippen molar-refractivity contribution in [2.45, 2.75) is 43.3 Å². The molecule has 0 saturated carbocycles. The van der Waals surface area contributed by atoms with Gasteiger partial charge in [-0.1, -0.05) is 45.0 Å². The van der Waals surface area contributed by atoms with Crippen LogP contribution in [0.4, 0.5) is 11.4 Å². The highest BCUT2D eigenvalue weighted by atomic mass is 32.2. The first-order valence-electron chi connectivity index (χ1n) is 8.73. The maximum Gasteiger partial charge on any atom is 0.244 e. The van der Waals surface area contributed by atoms with E-state index in [4.69, 9.17) is 0 Å². The number of nitrogens with zero attached hydrogens (tertiary/aromatic N) is 1. The van der Waals surface area contributed by atoms with Gasteiger partial charge in [-0.15, -0.1) is 11.8 Å². The Labute approximate surface area is 159 Å². The highest BCUT2D eigenvalue weighted by molar-refractivity contribution is 8.00. The molecule has 2 aromatic carbocycles. The van der Waals surface area contributed by atoms with Gasteiger partial charge in [-0.05, 0) is 42.2 Å². The molecule has 2 amide bonds. The Balaban J connectivity index is 1.75. The molecule has 1 N–H and O–H groups in total. The lowest BCUT2D eigenvalue weighted by Gasteiger charge is -2.31. The van der Waals surface area contributed by atoms with Crippen molar-refractivity contribution in [3.05, 3.63) is 54.1 Å². The van der Waals surface area contributed by atoms with E-state index in [9.17, 15) is 9.59 Å². The molecule has 1 aliphatic heterocycles. The minimum absolute atomic E-state index is 0.0582. The van der Waals surface area contributed by atoms with Crippen LogP contribution in [0.2, 0.25) is 0 Å². The summed E-state index contributed by atoms with van der Waals surface area (Å²) in [6, 6.07) is 15.8. The molecule has 3 rings (SSSR count). The van der Waals surface area contributed by atoms with E-state index in [2.05, 4.69) is 50.4 Å². The predicted molar refractivity (Wildman–Crippen MR) is 108 cm³/mol. The number of thioether (sulfide) groups is 1. The van der Waals surface area contributed by atoms with Crippen LogP contribution in [0.3, 0.4) is 0 Å². The molecule has 0 fully saturated rings. The molecule has 0 aromatic heterocycles. The number of anilines is 2. The Hall–Kier alpha value is -2.27. The van der Waals surface area contributed by atoms with Crippen LogP contribution < -0.4 is 10.2 Å². The fourth-order valence-corrected chi connectivity index (χ4v) is 3.87. The first-order valence-corrected chi connectivity index (χ1v) is 9.61. The molecular weight excluding hydrogens is 344 g/mol. The van der Waals surface area contributed by atoms with Crippen molar-refractivity contribution in [3.8, 4) is 0 Å². The largest absolute Gasteiger partial charge is 0.323 e. The number of hydrogen-bond donors (Lipinski definition) is 1. The van der Waals surface area contributed by atoms with Gasteiger partial charge in [0.1, 0.15) is 6.54 Å². The molecule has 26 heavy (non-hydrogen) atoms. The summed E-state index contributed by atoms with van der Waals surface area (Å²) in [6.07, 6.45) is 0. The van der Waals surface area contributed by atoms with E-state index in [1.165, 1.54) is 17.3 Å². The molecule has 5 heteroatoms. The van der Waals surface area contributed by atoms with Crippen molar-refractivity contribution >= 4 is 35.0 Å². The molecule has 0 bridgehead atoms. The summed E-state index contributed by atoms with van der Waals surface area (Å²) in [4.78, 5) is 27.5. The van der Waals surface area contributed by atoms with Crippen molar-refractivity contribution in [2.24, 2.45) is 0 Å². The maximum atomic E-state index is 13.0.